The normalized spacial score (nSPS) is 19.1. The van der Waals surface area contributed by atoms with Crippen LogP contribution >= 0.6 is 11.3 Å². The molecule has 2 aromatic heterocycles. The molecule has 0 aliphatic carbocycles. The molecule has 190 valence electrons. The minimum atomic E-state index is 0.171. The van der Waals surface area contributed by atoms with E-state index in [-0.39, 0.29) is 5.92 Å². The lowest BCUT2D eigenvalue weighted by Crippen LogP contribution is -2.45. The Bertz CT molecular complexity index is 1210. The van der Waals surface area contributed by atoms with E-state index in [0.29, 0.717) is 11.9 Å². The zero-order valence-corrected chi connectivity index (χ0v) is 22.3. The molecule has 2 aliphatic rings. The van der Waals surface area contributed by atoms with Crippen molar-refractivity contribution in [3.05, 3.63) is 64.8 Å². The van der Waals surface area contributed by atoms with Crippen molar-refractivity contribution in [1.82, 2.24) is 19.4 Å². The third-order valence-corrected chi connectivity index (χ3v) is 8.33. The number of allylic oxidation sites excluding steroid dienone is 1. The molecule has 3 aromatic rings. The van der Waals surface area contributed by atoms with Crippen LogP contribution in [0, 0.1) is 5.92 Å². The number of likely N-dealkylation sites (tertiary alicyclic amines) is 2. The quantitative estimate of drug-likeness (QED) is 0.377. The van der Waals surface area contributed by atoms with E-state index in [1.165, 1.54) is 5.56 Å². The van der Waals surface area contributed by atoms with E-state index < -0.39 is 0 Å². The summed E-state index contributed by atoms with van der Waals surface area (Å²) in [6.45, 7) is 8.82. The Morgan fingerprint density at radius 1 is 1.11 bits per heavy atom. The van der Waals surface area contributed by atoms with Gasteiger partial charge in [0.05, 0.1) is 16.7 Å². The first-order valence-electron chi connectivity index (χ1n) is 13.3. The predicted molar refractivity (Wildman–Crippen MR) is 149 cm³/mol. The summed E-state index contributed by atoms with van der Waals surface area (Å²) in [5.74, 6) is 1.48. The molecule has 0 bridgehead atoms. The Balaban J connectivity index is 1.23. The molecule has 0 unspecified atom stereocenters. The molecule has 1 amide bonds. The van der Waals surface area contributed by atoms with E-state index in [4.69, 9.17) is 4.98 Å². The monoisotopic (exact) mass is 503 g/mol. The number of aromatic nitrogens is 2. The Hall–Kier alpha value is -2.77. The van der Waals surface area contributed by atoms with Gasteiger partial charge in [0, 0.05) is 37.8 Å². The standard InChI is InChI=1S/C29H37N5OS/c1-3-4-14-30-22(2)28-31-26-7-5-6-8-27(26)34(28)25-11-17-33(18-12-25)29(35)24-9-15-32(16-10-24)20-23-13-19-36-21-23/h4-8,13-14,19,21,24-25H,3,9-12,15-18,20H2,1-2H3/b14-4-,30-22?. The summed E-state index contributed by atoms with van der Waals surface area (Å²) >= 11 is 1.76. The molecule has 6 nitrogen and oxygen atoms in total. The number of thiophene rings is 1. The Morgan fingerprint density at radius 2 is 1.89 bits per heavy atom. The number of para-hydroxylation sites is 2. The van der Waals surface area contributed by atoms with Gasteiger partial charge in [0.2, 0.25) is 5.91 Å². The number of carbonyl (C=O) groups excluding carboxylic acids is 1. The third-order valence-electron chi connectivity index (χ3n) is 7.59. The number of amides is 1. The molecule has 0 spiro atoms. The summed E-state index contributed by atoms with van der Waals surface area (Å²) < 4.78 is 2.37. The van der Waals surface area contributed by atoms with Crippen LogP contribution in [-0.2, 0) is 11.3 Å². The highest BCUT2D eigenvalue weighted by Gasteiger charge is 2.32. The Labute approximate surface area is 218 Å². The highest BCUT2D eigenvalue weighted by atomic mass is 32.1. The zero-order valence-electron chi connectivity index (χ0n) is 21.5. The van der Waals surface area contributed by atoms with E-state index in [1.54, 1.807) is 11.3 Å². The molecule has 4 heterocycles. The van der Waals surface area contributed by atoms with Crippen molar-refractivity contribution in [3.63, 3.8) is 0 Å². The number of nitrogens with zero attached hydrogens (tertiary/aromatic N) is 5. The first kappa shape index (κ1) is 24.9. The van der Waals surface area contributed by atoms with E-state index in [0.717, 1.165) is 87.4 Å². The second-order valence-electron chi connectivity index (χ2n) is 10.0. The van der Waals surface area contributed by atoms with Crippen molar-refractivity contribution < 1.29 is 4.79 Å². The molecule has 2 aliphatic heterocycles. The number of hydrogen-bond donors (Lipinski definition) is 0. The smallest absolute Gasteiger partial charge is 0.225 e. The molecule has 0 radical (unpaired) electrons. The van der Waals surface area contributed by atoms with Gasteiger partial charge in [-0.15, -0.1) is 0 Å². The highest BCUT2D eigenvalue weighted by Crippen LogP contribution is 2.31. The fourth-order valence-electron chi connectivity index (χ4n) is 5.58. The van der Waals surface area contributed by atoms with Gasteiger partial charge in [-0.2, -0.15) is 11.3 Å². The van der Waals surface area contributed by atoms with Crippen LogP contribution in [0.15, 0.2) is 58.4 Å². The van der Waals surface area contributed by atoms with Gasteiger partial charge in [-0.3, -0.25) is 14.7 Å². The van der Waals surface area contributed by atoms with Gasteiger partial charge in [0.1, 0.15) is 0 Å². The maximum Gasteiger partial charge on any atom is 0.225 e. The number of piperidine rings is 2. The second kappa shape index (κ2) is 11.5. The molecule has 7 heteroatoms. The van der Waals surface area contributed by atoms with Crippen molar-refractivity contribution in [2.45, 2.75) is 58.5 Å². The average Bonchev–Trinajstić information content (AvgIpc) is 3.57. The van der Waals surface area contributed by atoms with Gasteiger partial charge >= 0.3 is 0 Å². The van der Waals surface area contributed by atoms with E-state index >= 15 is 0 Å². The molecule has 0 saturated carbocycles. The van der Waals surface area contributed by atoms with Crippen LogP contribution in [0.2, 0.25) is 0 Å². The zero-order chi connectivity index (χ0) is 24.9. The summed E-state index contributed by atoms with van der Waals surface area (Å²) in [6, 6.07) is 10.9. The first-order valence-corrected chi connectivity index (χ1v) is 14.3. The van der Waals surface area contributed by atoms with E-state index in [1.807, 2.05) is 19.2 Å². The molecule has 1 aromatic carbocycles. The molecule has 2 saturated heterocycles. The van der Waals surface area contributed by atoms with Crippen LogP contribution in [0.1, 0.15) is 63.4 Å². The fraction of sp³-hybridized carbons (Fsp3) is 0.483. The lowest BCUT2D eigenvalue weighted by atomic mass is 9.93. The number of carbonyl (C=O) groups is 1. The summed E-state index contributed by atoms with van der Waals surface area (Å²) in [6.07, 6.45) is 8.76. The molecule has 2 fully saturated rings. The lowest BCUT2D eigenvalue weighted by molar-refractivity contribution is -0.138. The van der Waals surface area contributed by atoms with Gasteiger partial charge in [0.25, 0.3) is 0 Å². The summed E-state index contributed by atoms with van der Waals surface area (Å²) in [5.41, 5.74) is 4.49. The van der Waals surface area contributed by atoms with Crippen LogP contribution in [0.4, 0.5) is 0 Å². The molecular weight excluding hydrogens is 466 g/mol. The second-order valence-corrected chi connectivity index (χ2v) is 10.8. The minimum absolute atomic E-state index is 0.171. The molecular formula is C29H37N5OS. The summed E-state index contributed by atoms with van der Waals surface area (Å²) in [7, 11) is 0. The van der Waals surface area contributed by atoms with Crippen molar-refractivity contribution in [1.29, 1.82) is 0 Å². The number of hydrogen-bond acceptors (Lipinski definition) is 5. The first-order chi connectivity index (χ1) is 17.6. The van der Waals surface area contributed by atoms with Crippen molar-refractivity contribution in [2.24, 2.45) is 10.9 Å². The number of imidazole rings is 1. The number of fused-ring (bicyclic) bond motifs is 1. The topological polar surface area (TPSA) is 53.7 Å². The Morgan fingerprint density at radius 3 is 2.61 bits per heavy atom. The number of benzene rings is 1. The fourth-order valence-corrected chi connectivity index (χ4v) is 6.24. The van der Waals surface area contributed by atoms with Crippen molar-refractivity contribution >= 4 is 34.0 Å². The number of rotatable bonds is 7. The van der Waals surface area contributed by atoms with Crippen LogP contribution < -0.4 is 0 Å². The van der Waals surface area contributed by atoms with Gasteiger partial charge in [-0.05, 0) is 86.6 Å². The van der Waals surface area contributed by atoms with Crippen molar-refractivity contribution in [3.8, 4) is 0 Å². The summed E-state index contributed by atoms with van der Waals surface area (Å²) in [5, 5.41) is 4.37. The third kappa shape index (κ3) is 5.47. The van der Waals surface area contributed by atoms with Gasteiger partial charge in [-0.1, -0.05) is 25.1 Å². The van der Waals surface area contributed by atoms with Gasteiger partial charge in [0.15, 0.2) is 5.82 Å². The van der Waals surface area contributed by atoms with Crippen LogP contribution in [0.3, 0.4) is 0 Å². The van der Waals surface area contributed by atoms with Crippen LogP contribution in [0.5, 0.6) is 0 Å². The predicted octanol–water partition coefficient (Wildman–Crippen LogP) is 5.91. The molecule has 5 rings (SSSR count). The number of aliphatic imine (C=N–C) groups is 1. The molecule has 36 heavy (non-hydrogen) atoms. The average molecular weight is 504 g/mol. The van der Waals surface area contributed by atoms with E-state index in [2.05, 4.69) is 67.4 Å². The Kier molecular flexibility index (Phi) is 7.97. The SMILES string of the molecule is CC/C=C\N=C(C)c1nc2ccccc2n1C1CCN(C(=O)C2CCN(Cc3ccsc3)CC2)CC1. The van der Waals surface area contributed by atoms with Crippen LogP contribution in [-0.4, -0.2) is 57.1 Å². The molecule has 0 atom stereocenters. The van der Waals surface area contributed by atoms with Crippen molar-refractivity contribution in [2.75, 3.05) is 26.2 Å². The van der Waals surface area contributed by atoms with Crippen LogP contribution in [0.25, 0.3) is 11.0 Å². The van der Waals surface area contributed by atoms with E-state index in [9.17, 15) is 4.79 Å². The maximum atomic E-state index is 13.4. The molecule has 0 N–H and O–H groups in total. The minimum Gasteiger partial charge on any atom is -0.342 e. The maximum absolute atomic E-state index is 13.4. The lowest BCUT2D eigenvalue weighted by Gasteiger charge is -2.38. The van der Waals surface area contributed by atoms with Gasteiger partial charge in [-0.25, -0.2) is 4.98 Å². The van der Waals surface area contributed by atoms with Gasteiger partial charge < -0.3 is 9.47 Å². The summed E-state index contributed by atoms with van der Waals surface area (Å²) in [4.78, 5) is 27.6. The largest absolute Gasteiger partial charge is 0.342 e. The highest BCUT2D eigenvalue weighted by molar-refractivity contribution is 7.07.